The second kappa shape index (κ2) is 12.2. The predicted molar refractivity (Wildman–Crippen MR) is 156 cm³/mol. The third kappa shape index (κ3) is 6.18. The molecule has 2 saturated heterocycles. The summed E-state index contributed by atoms with van der Waals surface area (Å²) in [6, 6.07) is 19.4. The summed E-state index contributed by atoms with van der Waals surface area (Å²) in [4.78, 5) is 7.45. The van der Waals surface area contributed by atoms with Crippen LogP contribution in [0.2, 0.25) is 0 Å². The van der Waals surface area contributed by atoms with Gasteiger partial charge < -0.3 is 25.0 Å². The molecule has 0 amide bonds. The van der Waals surface area contributed by atoms with Gasteiger partial charge in [0.15, 0.2) is 0 Å². The third-order valence-corrected chi connectivity index (χ3v) is 9.73. The number of ether oxygens (including phenoxy) is 1. The van der Waals surface area contributed by atoms with Crippen molar-refractivity contribution < 1.29 is 20.1 Å². The highest BCUT2D eigenvalue weighted by Gasteiger charge is 2.44. The number of aliphatic hydroxyl groups is 3. The fraction of sp³-hybridized carbons (Fsp3) is 0.467. The highest BCUT2D eigenvalue weighted by atomic mass is 32.2. The Morgan fingerprint density at radius 1 is 0.947 bits per heavy atom. The number of nitrogens with zero attached hydrogens (tertiary/aromatic N) is 2. The lowest BCUT2D eigenvalue weighted by molar-refractivity contribution is -0.200. The molecule has 0 unspecified atom stereocenters. The van der Waals surface area contributed by atoms with Gasteiger partial charge in [0, 0.05) is 48.9 Å². The van der Waals surface area contributed by atoms with E-state index < -0.39 is 29.9 Å². The number of rotatable bonds is 7. The molecule has 3 N–H and O–H groups in total. The van der Waals surface area contributed by atoms with Crippen molar-refractivity contribution >= 4 is 23.1 Å². The summed E-state index contributed by atoms with van der Waals surface area (Å²) in [6.07, 6.45) is -1.63. The maximum Gasteiger partial charge on any atom is 0.132 e. The van der Waals surface area contributed by atoms with Crippen LogP contribution in [0.25, 0.3) is 10.4 Å². The van der Waals surface area contributed by atoms with E-state index in [1.807, 2.05) is 29.7 Å². The molecule has 5 rings (SSSR count). The number of piperazine rings is 1. The predicted octanol–water partition coefficient (Wildman–Crippen LogP) is 3.90. The number of likely N-dealkylation sites (N-methyl/N-ethyl adjacent to an activating group) is 1. The van der Waals surface area contributed by atoms with Gasteiger partial charge in [0.25, 0.3) is 0 Å². The van der Waals surface area contributed by atoms with Crippen LogP contribution in [0, 0.1) is 6.92 Å². The second-order valence-electron chi connectivity index (χ2n) is 10.5. The van der Waals surface area contributed by atoms with Gasteiger partial charge in [0.1, 0.15) is 29.9 Å². The molecule has 3 heterocycles. The minimum atomic E-state index is -1.25. The lowest BCUT2D eigenvalue weighted by Gasteiger charge is -2.40. The molecule has 204 valence electrons. The maximum atomic E-state index is 10.6. The van der Waals surface area contributed by atoms with E-state index in [1.165, 1.54) is 38.2 Å². The molecule has 0 spiro atoms. The van der Waals surface area contributed by atoms with Crippen LogP contribution in [-0.2, 0) is 17.7 Å². The van der Waals surface area contributed by atoms with Crippen molar-refractivity contribution in [3.63, 3.8) is 0 Å². The summed E-state index contributed by atoms with van der Waals surface area (Å²) in [6.45, 7) is 7.56. The monoisotopic (exact) mass is 554 g/mol. The van der Waals surface area contributed by atoms with Gasteiger partial charge in [0.2, 0.25) is 0 Å². The summed E-state index contributed by atoms with van der Waals surface area (Å²) < 4.78 is 5.99. The molecule has 0 aliphatic carbocycles. The summed E-state index contributed by atoms with van der Waals surface area (Å²) in [5.74, 6) is 0. The average Bonchev–Trinajstić information content (AvgIpc) is 3.39. The van der Waals surface area contributed by atoms with E-state index in [1.54, 1.807) is 0 Å². The van der Waals surface area contributed by atoms with Crippen LogP contribution in [0.3, 0.4) is 0 Å². The molecule has 6 nitrogen and oxygen atoms in total. The van der Waals surface area contributed by atoms with Gasteiger partial charge in [-0.15, -0.1) is 23.1 Å². The minimum Gasteiger partial charge on any atom is -0.387 e. The molecule has 0 saturated carbocycles. The molecule has 2 aliphatic rings. The van der Waals surface area contributed by atoms with Crippen molar-refractivity contribution in [2.45, 2.75) is 49.7 Å². The van der Waals surface area contributed by atoms with Crippen molar-refractivity contribution in [2.24, 2.45) is 0 Å². The quantitative estimate of drug-likeness (QED) is 0.409. The van der Waals surface area contributed by atoms with Gasteiger partial charge in [-0.05, 0) is 66.2 Å². The van der Waals surface area contributed by atoms with Gasteiger partial charge >= 0.3 is 0 Å². The van der Waals surface area contributed by atoms with Crippen LogP contribution in [0.1, 0.15) is 33.2 Å². The van der Waals surface area contributed by atoms with Gasteiger partial charge in [0.05, 0.1) is 0 Å². The summed E-state index contributed by atoms with van der Waals surface area (Å²) in [5, 5.41) is 31.2. The van der Waals surface area contributed by atoms with Crippen molar-refractivity contribution in [1.29, 1.82) is 0 Å². The first-order chi connectivity index (χ1) is 18.3. The Morgan fingerprint density at radius 2 is 1.74 bits per heavy atom. The lowest BCUT2D eigenvalue weighted by Crippen LogP contribution is -2.52. The number of aliphatic hydroxyl groups excluding tert-OH is 3. The first-order valence-corrected chi connectivity index (χ1v) is 15.3. The topological polar surface area (TPSA) is 76.4 Å². The zero-order chi connectivity index (χ0) is 26.8. The summed E-state index contributed by atoms with van der Waals surface area (Å²) >= 11 is 3.15. The number of hydrogen-bond acceptors (Lipinski definition) is 8. The average molecular weight is 555 g/mol. The Bertz CT molecular complexity index is 1220. The van der Waals surface area contributed by atoms with E-state index in [2.05, 4.69) is 66.2 Å². The Kier molecular flexibility index (Phi) is 8.92. The number of thiophene rings is 1. The standard InChI is InChI=1S/C30H38N2O4S2/c1-19-7-8-22(29-27(34)26(33)28(35)30(36-29)37-3)16-23(19)17-24-9-10-25(38-24)21-6-4-5-20(15-21)18-32-13-11-31(2)12-14-32/h4-10,15-16,26-30,33-35H,11-14,17-18H2,1-3H3/t26-,27-,28+,29+,30-/m1/s1. The minimum absolute atomic E-state index is 0.588. The molecule has 0 bridgehead atoms. The highest BCUT2D eigenvalue weighted by molar-refractivity contribution is 7.99. The Hall–Kier alpha value is -1.75. The molecule has 8 heteroatoms. The van der Waals surface area contributed by atoms with Crippen LogP contribution in [0.4, 0.5) is 0 Å². The highest BCUT2D eigenvalue weighted by Crippen LogP contribution is 2.37. The van der Waals surface area contributed by atoms with E-state index in [0.29, 0.717) is 0 Å². The maximum absolute atomic E-state index is 10.6. The van der Waals surface area contributed by atoms with Crippen molar-refractivity contribution in [3.8, 4) is 10.4 Å². The number of aryl methyl sites for hydroxylation is 1. The molecule has 2 aromatic carbocycles. The summed E-state index contributed by atoms with van der Waals surface area (Å²) in [5.41, 5.74) is 5.17. The zero-order valence-electron chi connectivity index (χ0n) is 22.3. The molecular weight excluding hydrogens is 516 g/mol. The second-order valence-corrected chi connectivity index (χ2v) is 12.6. The van der Waals surface area contributed by atoms with Gasteiger partial charge in [-0.25, -0.2) is 0 Å². The van der Waals surface area contributed by atoms with Crippen LogP contribution >= 0.6 is 23.1 Å². The van der Waals surface area contributed by atoms with E-state index in [4.69, 9.17) is 4.74 Å². The Labute approximate surface area is 233 Å². The number of thioether (sulfide) groups is 1. The molecule has 3 aromatic rings. The van der Waals surface area contributed by atoms with E-state index in [-0.39, 0.29) is 0 Å². The van der Waals surface area contributed by atoms with Crippen molar-refractivity contribution in [2.75, 3.05) is 39.5 Å². The molecule has 0 radical (unpaired) electrons. The largest absolute Gasteiger partial charge is 0.387 e. The number of benzene rings is 2. The molecule has 1 aromatic heterocycles. The molecule has 2 aliphatic heterocycles. The fourth-order valence-electron chi connectivity index (χ4n) is 5.28. The van der Waals surface area contributed by atoms with Gasteiger partial charge in [-0.1, -0.05) is 36.4 Å². The van der Waals surface area contributed by atoms with Crippen LogP contribution < -0.4 is 0 Å². The van der Waals surface area contributed by atoms with Crippen LogP contribution in [0.15, 0.2) is 54.6 Å². The molecule has 38 heavy (non-hydrogen) atoms. The number of hydrogen-bond donors (Lipinski definition) is 3. The molecule has 5 atom stereocenters. The summed E-state index contributed by atoms with van der Waals surface area (Å²) in [7, 11) is 2.19. The first kappa shape index (κ1) is 27.8. The smallest absolute Gasteiger partial charge is 0.132 e. The molecule has 2 fully saturated rings. The normalized spacial score (nSPS) is 27.1. The fourth-order valence-corrected chi connectivity index (χ4v) is 6.98. The Balaban J connectivity index is 1.30. The lowest BCUT2D eigenvalue weighted by atomic mass is 9.92. The Morgan fingerprint density at radius 3 is 2.50 bits per heavy atom. The van der Waals surface area contributed by atoms with E-state index in [9.17, 15) is 15.3 Å². The third-order valence-electron chi connectivity index (χ3n) is 7.74. The van der Waals surface area contributed by atoms with Gasteiger partial charge in [-0.3, -0.25) is 4.90 Å². The molecular formula is C30H38N2O4S2. The van der Waals surface area contributed by atoms with Crippen LogP contribution in [-0.4, -0.2) is 88.3 Å². The zero-order valence-corrected chi connectivity index (χ0v) is 23.9. The van der Waals surface area contributed by atoms with Gasteiger partial charge in [-0.2, -0.15) is 0 Å². The first-order valence-electron chi connectivity index (χ1n) is 13.2. The van der Waals surface area contributed by atoms with E-state index in [0.717, 1.165) is 50.3 Å². The van der Waals surface area contributed by atoms with E-state index >= 15 is 0 Å². The van der Waals surface area contributed by atoms with Crippen molar-refractivity contribution in [3.05, 3.63) is 81.7 Å². The van der Waals surface area contributed by atoms with Crippen molar-refractivity contribution in [1.82, 2.24) is 9.80 Å². The van der Waals surface area contributed by atoms with Crippen LogP contribution in [0.5, 0.6) is 0 Å². The SMILES string of the molecule is CS[C@H]1O[C@@H](c2ccc(C)c(Cc3ccc(-c4cccc(CN5CCN(C)CC5)c4)s3)c2)[C@H](O)[C@@H](O)[C@@H]1O.